The highest BCUT2D eigenvalue weighted by Crippen LogP contribution is 2.12. The molecule has 1 aromatic rings. The average Bonchev–Trinajstić information content (AvgIpc) is 2.27. The van der Waals surface area contributed by atoms with E-state index < -0.39 is 0 Å². The van der Waals surface area contributed by atoms with E-state index in [-0.39, 0.29) is 6.61 Å². The Hall–Kier alpha value is -1.09. The zero-order valence-corrected chi connectivity index (χ0v) is 9.44. The molecule has 1 unspecified atom stereocenters. The van der Waals surface area contributed by atoms with Crippen molar-refractivity contribution in [1.82, 2.24) is 4.98 Å². The van der Waals surface area contributed by atoms with Crippen LogP contribution in [-0.2, 0) is 6.61 Å². The van der Waals surface area contributed by atoms with Crippen molar-refractivity contribution in [2.75, 3.05) is 6.61 Å². The van der Waals surface area contributed by atoms with Crippen LogP contribution in [0, 0.1) is 5.92 Å². The van der Waals surface area contributed by atoms with E-state index in [4.69, 9.17) is 9.84 Å². The van der Waals surface area contributed by atoms with Gasteiger partial charge in [-0.1, -0.05) is 20.3 Å². The SMILES string of the molecule is CCCC(C)COc1ccc(CO)nc1. The molecule has 0 saturated heterocycles. The lowest BCUT2D eigenvalue weighted by Gasteiger charge is -2.11. The Morgan fingerprint density at radius 2 is 2.27 bits per heavy atom. The molecule has 0 amide bonds. The minimum Gasteiger partial charge on any atom is -0.492 e. The van der Waals surface area contributed by atoms with Gasteiger partial charge in [0, 0.05) is 0 Å². The van der Waals surface area contributed by atoms with Crippen LogP contribution < -0.4 is 4.74 Å². The first kappa shape index (κ1) is 12.0. The number of aliphatic hydroxyl groups excluding tert-OH is 1. The Kier molecular flexibility index (Phi) is 5.12. The molecule has 0 aliphatic carbocycles. The Labute approximate surface area is 91.1 Å². The Bertz CT molecular complexity index is 271. The van der Waals surface area contributed by atoms with Gasteiger partial charge in [-0.25, -0.2) is 0 Å². The van der Waals surface area contributed by atoms with Crippen LogP contribution in [0.2, 0.25) is 0 Å². The van der Waals surface area contributed by atoms with Crippen LogP contribution in [0.1, 0.15) is 32.4 Å². The topological polar surface area (TPSA) is 42.4 Å². The number of aliphatic hydroxyl groups is 1. The highest BCUT2D eigenvalue weighted by atomic mass is 16.5. The lowest BCUT2D eigenvalue weighted by molar-refractivity contribution is 0.249. The van der Waals surface area contributed by atoms with Crippen molar-refractivity contribution in [3.05, 3.63) is 24.0 Å². The number of rotatable bonds is 6. The number of pyridine rings is 1. The lowest BCUT2D eigenvalue weighted by atomic mass is 10.1. The second kappa shape index (κ2) is 6.40. The van der Waals surface area contributed by atoms with E-state index >= 15 is 0 Å². The maximum Gasteiger partial charge on any atom is 0.137 e. The van der Waals surface area contributed by atoms with Crippen molar-refractivity contribution in [3.8, 4) is 5.75 Å². The fourth-order valence-corrected chi connectivity index (χ4v) is 1.40. The molecule has 1 heterocycles. The molecule has 1 atom stereocenters. The number of aromatic nitrogens is 1. The molecule has 84 valence electrons. The smallest absolute Gasteiger partial charge is 0.137 e. The quantitative estimate of drug-likeness (QED) is 0.782. The third kappa shape index (κ3) is 4.30. The number of nitrogens with zero attached hydrogens (tertiary/aromatic N) is 1. The van der Waals surface area contributed by atoms with Crippen molar-refractivity contribution in [2.24, 2.45) is 5.92 Å². The molecular formula is C12H19NO2. The first-order chi connectivity index (χ1) is 7.26. The molecule has 1 aromatic heterocycles. The van der Waals surface area contributed by atoms with Gasteiger partial charge in [0.15, 0.2) is 0 Å². The molecule has 0 radical (unpaired) electrons. The fraction of sp³-hybridized carbons (Fsp3) is 0.583. The van der Waals surface area contributed by atoms with E-state index in [0.29, 0.717) is 11.6 Å². The summed E-state index contributed by atoms with van der Waals surface area (Å²) in [6, 6.07) is 3.62. The summed E-state index contributed by atoms with van der Waals surface area (Å²) in [6.07, 6.45) is 4.03. The van der Waals surface area contributed by atoms with Crippen LogP contribution in [0.15, 0.2) is 18.3 Å². The first-order valence-corrected chi connectivity index (χ1v) is 5.44. The van der Waals surface area contributed by atoms with Crippen molar-refractivity contribution < 1.29 is 9.84 Å². The van der Waals surface area contributed by atoms with Crippen molar-refractivity contribution in [3.63, 3.8) is 0 Å². The third-order valence-corrected chi connectivity index (χ3v) is 2.28. The normalized spacial score (nSPS) is 12.5. The van der Waals surface area contributed by atoms with E-state index in [1.807, 2.05) is 6.07 Å². The van der Waals surface area contributed by atoms with Crippen LogP contribution in [0.25, 0.3) is 0 Å². The third-order valence-electron chi connectivity index (χ3n) is 2.28. The van der Waals surface area contributed by atoms with Gasteiger partial charge in [0.1, 0.15) is 5.75 Å². The number of ether oxygens (including phenoxy) is 1. The molecule has 15 heavy (non-hydrogen) atoms. The van der Waals surface area contributed by atoms with Crippen molar-refractivity contribution >= 4 is 0 Å². The van der Waals surface area contributed by atoms with E-state index in [1.54, 1.807) is 12.3 Å². The van der Waals surface area contributed by atoms with Gasteiger partial charge in [-0.05, 0) is 24.5 Å². The summed E-state index contributed by atoms with van der Waals surface area (Å²) >= 11 is 0. The van der Waals surface area contributed by atoms with Gasteiger partial charge in [-0.15, -0.1) is 0 Å². The van der Waals surface area contributed by atoms with Crippen LogP contribution in [-0.4, -0.2) is 16.7 Å². The maximum absolute atomic E-state index is 8.81. The fourth-order valence-electron chi connectivity index (χ4n) is 1.40. The summed E-state index contributed by atoms with van der Waals surface area (Å²) in [5.74, 6) is 1.35. The Morgan fingerprint density at radius 1 is 1.47 bits per heavy atom. The molecule has 1 N–H and O–H groups in total. The summed E-state index contributed by atoms with van der Waals surface area (Å²) in [5, 5.41) is 8.81. The highest BCUT2D eigenvalue weighted by molar-refractivity contribution is 5.19. The molecule has 3 heteroatoms. The molecular weight excluding hydrogens is 190 g/mol. The summed E-state index contributed by atoms with van der Waals surface area (Å²) in [7, 11) is 0. The Balaban J connectivity index is 2.37. The van der Waals surface area contributed by atoms with Crippen LogP contribution >= 0.6 is 0 Å². The van der Waals surface area contributed by atoms with Crippen LogP contribution in [0.3, 0.4) is 0 Å². The zero-order chi connectivity index (χ0) is 11.1. The van der Waals surface area contributed by atoms with E-state index in [2.05, 4.69) is 18.8 Å². The zero-order valence-electron chi connectivity index (χ0n) is 9.44. The average molecular weight is 209 g/mol. The molecule has 0 bridgehead atoms. The van der Waals surface area contributed by atoms with Crippen molar-refractivity contribution in [2.45, 2.75) is 33.3 Å². The van der Waals surface area contributed by atoms with Gasteiger partial charge in [-0.2, -0.15) is 0 Å². The Morgan fingerprint density at radius 3 is 2.80 bits per heavy atom. The van der Waals surface area contributed by atoms with Crippen molar-refractivity contribution in [1.29, 1.82) is 0 Å². The molecule has 0 aliphatic heterocycles. The van der Waals surface area contributed by atoms with E-state index in [0.717, 1.165) is 12.4 Å². The van der Waals surface area contributed by atoms with Gasteiger partial charge in [0.05, 0.1) is 25.1 Å². The second-order valence-electron chi connectivity index (χ2n) is 3.85. The highest BCUT2D eigenvalue weighted by Gasteiger charge is 2.02. The maximum atomic E-state index is 8.81. The predicted octanol–water partition coefficient (Wildman–Crippen LogP) is 2.39. The summed E-state index contributed by atoms with van der Waals surface area (Å²) < 4.78 is 5.58. The van der Waals surface area contributed by atoms with Gasteiger partial charge in [-0.3, -0.25) is 4.98 Å². The monoisotopic (exact) mass is 209 g/mol. The van der Waals surface area contributed by atoms with Crippen LogP contribution in [0.5, 0.6) is 5.75 Å². The lowest BCUT2D eigenvalue weighted by Crippen LogP contribution is -2.08. The number of hydrogen-bond donors (Lipinski definition) is 1. The van der Waals surface area contributed by atoms with Gasteiger partial charge < -0.3 is 9.84 Å². The second-order valence-corrected chi connectivity index (χ2v) is 3.85. The molecule has 1 rings (SSSR count). The van der Waals surface area contributed by atoms with Gasteiger partial charge in [0.2, 0.25) is 0 Å². The number of hydrogen-bond acceptors (Lipinski definition) is 3. The van der Waals surface area contributed by atoms with E-state index in [9.17, 15) is 0 Å². The van der Waals surface area contributed by atoms with E-state index in [1.165, 1.54) is 12.8 Å². The van der Waals surface area contributed by atoms with Crippen LogP contribution in [0.4, 0.5) is 0 Å². The molecule has 0 aliphatic rings. The predicted molar refractivity (Wildman–Crippen MR) is 59.7 cm³/mol. The molecule has 0 spiro atoms. The molecule has 3 nitrogen and oxygen atoms in total. The summed E-state index contributed by atoms with van der Waals surface area (Å²) in [4.78, 5) is 4.05. The van der Waals surface area contributed by atoms with Gasteiger partial charge >= 0.3 is 0 Å². The van der Waals surface area contributed by atoms with Gasteiger partial charge in [0.25, 0.3) is 0 Å². The summed E-state index contributed by atoms with van der Waals surface area (Å²) in [6.45, 7) is 5.06. The molecule has 0 aromatic carbocycles. The largest absolute Gasteiger partial charge is 0.492 e. The molecule has 0 saturated carbocycles. The first-order valence-electron chi connectivity index (χ1n) is 5.44. The minimum absolute atomic E-state index is 0.0213. The molecule has 0 fully saturated rings. The standard InChI is InChI=1S/C12H19NO2/c1-3-4-10(2)9-15-12-6-5-11(8-14)13-7-12/h5-7,10,14H,3-4,8-9H2,1-2H3. The summed E-state index contributed by atoms with van der Waals surface area (Å²) in [5.41, 5.74) is 0.670. The minimum atomic E-state index is -0.0213.